The molecule has 0 bridgehead atoms. The highest BCUT2D eigenvalue weighted by Crippen LogP contribution is 2.32. The van der Waals surface area contributed by atoms with Crippen molar-refractivity contribution >= 4 is 39.2 Å². The van der Waals surface area contributed by atoms with E-state index in [-0.39, 0.29) is 23.2 Å². The van der Waals surface area contributed by atoms with Crippen molar-refractivity contribution in [2.75, 3.05) is 0 Å². The van der Waals surface area contributed by atoms with E-state index in [1.165, 1.54) is 28.2 Å². The molecule has 0 saturated carbocycles. The number of aromatic nitrogens is 2. The van der Waals surface area contributed by atoms with Gasteiger partial charge in [-0.25, -0.2) is 12.4 Å². The SMILES string of the molecule is Cl.O=C(NCc1cccnc1)c1ccc(S(=O)(=O)n2cc(-c3ccccc3)c3ccccc32)cc1. The normalized spacial score (nSPS) is 11.1. The maximum absolute atomic E-state index is 13.5. The molecule has 1 amide bonds. The predicted octanol–water partition coefficient (Wildman–Crippen LogP) is 5.29. The van der Waals surface area contributed by atoms with Crippen molar-refractivity contribution in [1.82, 2.24) is 14.3 Å². The summed E-state index contributed by atoms with van der Waals surface area (Å²) in [6, 6.07) is 26.7. The molecule has 0 radical (unpaired) electrons. The Balaban J connectivity index is 0.00000289. The second-order valence-electron chi connectivity index (χ2n) is 7.80. The number of hydrogen-bond donors (Lipinski definition) is 1. The molecule has 0 saturated heterocycles. The summed E-state index contributed by atoms with van der Waals surface area (Å²) in [4.78, 5) is 16.6. The minimum Gasteiger partial charge on any atom is -0.348 e. The maximum Gasteiger partial charge on any atom is 0.268 e. The van der Waals surface area contributed by atoms with Gasteiger partial charge in [-0.05, 0) is 47.5 Å². The van der Waals surface area contributed by atoms with Crippen LogP contribution < -0.4 is 5.32 Å². The van der Waals surface area contributed by atoms with E-state index in [0.717, 1.165) is 22.1 Å². The monoisotopic (exact) mass is 503 g/mol. The lowest BCUT2D eigenvalue weighted by molar-refractivity contribution is 0.0950. The van der Waals surface area contributed by atoms with Gasteiger partial charge in [0.15, 0.2) is 0 Å². The van der Waals surface area contributed by atoms with Crippen molar-refractivity contribution in [3.05, 3.63) is 121 Å². The van der Waals surface area contributed by atoms with E-state index >= 15 is 0 Å². The van der Waals surface area contributed by atoms with Gasteiger partial charge in [-0.15, -0.1) is 12.4 Å². The fourth-order valence-electron chi connectivity index (χ4n) is 3.88. The van der Waals surface area contributed by atoms with Crippen LogP contribution in [0.5, 0.6) is 0 Å². The van der Waals surface area contributed by atoms with Crippen molar-refractivity contribution in [3.8, 4) is 11.1 Å². The summed E-state index contributed by atoms with van der Waals surface area (Å²) in [7, 11) is -3.87. The summed E-state index contributed by atoms with van der Waals surface area (Å²) in [6.45, 7) is 0.338. The molecule has 6 nitrogen and oxygen atoms in total. The number of para-hydroxylation sites is 1. The van der Waals surface area contributed by atoms with Gasteiger partial charge in [0.1, 0.15) is 0 Å². The highest BCUT2D eigenvalue weighted by atomic mass is 35.5. The van der Waals surface area contributed by atoms with E-state index < -0.39 is 10.0 Å². The van der Waals surface area contributed by atoms with Crippen LogP contribution in [0, 0.1) is 0 Å². The van der Waals surface area contributed by atoms with Crippen LogP contribution in [0.2, 0.25) is 0 Å². The maximum atomic E-state index is 13.5. The predicted molar refractivity (Wildman–Crippen MR) is 139 cm³/mol. The van der Waals surface area contributed by atoms with Crippen molar-refractivity contribution < 1.29 is 13.2 Å². The Morgan fingerprint density at radius 1 is 0.857 bits per heavy atom. The van der Waals surface area contributed by atoms with E-state index in [2.05, 4.69) is 10.3 Å². The van der Waals surface area contributed by atoms with Gasteiger partial charge in [0, 0.05) is 41.6 Å². The molecule has 0 fully saturated rings. The molecule has 8 heteroatoms. The molecule has 0 aliphatic rings. The number of hydrogen-bond acceptors (Lipinski definition) is 4. The molecule has 5 aromatic rings. The number of rotatable bonds is 6. The van der Waals surface area contributed by atoms with E-state index in [0.29, 0.717) is 17.6 Å². The fourth-order valence-corrected chi connectivity index (χ4v) is 5.24. The molecule has 1 N–H and O–H groups in total. The lowest BCUT2D eigenvalue weighted by Crippen LogP contribution is -2.23. The fraction of sp³-hybridized carbons (Fsp3) is 0.0370. The van der Waals surface area contributed by atoms with Gasteiger partial charge in [0.05, 0.1) is 10.4 Å². The number of fused-ring (bicyclic) bond motifs is 1. The molecule has 0 unspecified atom stereocenters. The molecule has 2 heterocycles. The Bertz CT molecular complexity index is 1570. The molecule has 0 atom stereocenters. The first-order valence-corrected chi connectivity index (χ1v) is 12.2. The second kappa shape index (κ2) is 10.1. The molecular formula is C27H22ClN3O3S. The molecule has 176 valence electrons. The number of amides is 1. The number of pyridine rings is 1. The standard InChI is InChI=1S/C27H21N3O3S.ClH/c31-27(29-18-20-7-6-16-28-17-20)22-12-14-23(15-13-22)34(32,33)30-19-25(21-8-2-1-3-9-21)24-10-4-5-11-26(24)30;/h1-17,19H,18H2,(H,29,31);1H. The number of carbonyl (C=O) groups is 1. The number of halogens is 1. The van der Waals surface area contributed by atoms with Crippen LogP contribution in [0.4, 0.5) is 0 Å². The molecule has 35 heavy (non-hydrogen) atoms. The zero-order chi connectivity index (χ0) is 23.5. The summed E-state index contributed by atoms with van der Waals surface area (Å²) in [5.74, 6) is -0.287. The molecule has 5 rings (SSSR count). The van der Waals surface area contributed by atoms with Crippen molar-refractivity contribution in [2.24, 2.45) is 0 Å². The van der Waals surface area contributed by atoms with Crippen LogP contribution in [-0.2, 0) is 16.6 Å². The van der Waals surface area contributed by atoms with E-state index in [4.69, 9.17) is 0 Å². The van der Waals surface area contributed by atoms with Gasteiger partial charge in [0.2, 0.25) is 0 Å². The topological polar surface area (TPSA) is 81.1 Å². The van der Waals surface area contributed by atoms with Gasteiger partial charge < -0.3 is 5.32 Å². The van der Waals surface area contributed by atoms with Crippen molar-refractivity contribution in [3.63, 3.8) is 0 Å². The van der Waals surface area contributed by atoms with Gasteiger partial charge >= 0.3 is 0 Å². The summed E-state index contributed by atoms with van der Waals surface area (Å²) < 4.78 is 28.4. The quantitative estimate of drug-likeness (QED) is 0.341. The molecule has 0 aliphatic heterocycles. The van der Waals surface area contributed by atoms with E-state index in [9.17, 15) is 13.2 Å². The smallest absolute Gasteiger partial charge is 0.268 e. The zero-order valence-corrected chi connectivity index (χ0v) is 20.2. The highest BCUT2D eigenvalue weighted by Gasteiger charge is 2.22. The lowest BCUT2D eigenvalue weighted by atomic mass is 10.1. The van der Waals surface area contributed by atoms with Crippen LogP contribution in [0.25, 0.3) is 22.0 Å². The van der Waals surface area contributed by atoms with E-state index in [1.54, 1.807) is 30.7 Å². The van der Waals surface area contributed by atoms with Gasteiger partial charge in [-0.3, -0.25) is 9.78 Å². The number of benzene rings is 3. The van der Waals surface area contributed by atoms with Gasteiger partial charge in [-0.1, -0.05) is 54.6 Å². The third kappa shape index (κ3) is 4.82. The average molecular weight is 504 g/mol. The summed E-state index contributed by atoms with van der Waals surface area (Å²) in [5, 5.41) is 3.67. The van der Waals surface area contributed by atoms with Crippen LogP contribution in [0.3, 0.4) is 0 Å². The molecule has 3 aromatic carbocycles. The minimum absolute atomic E-state index is 0. The molecular weight excluding hydrogens is 482 g/mol. The summed E-state index contributed by atoms with van der Waals surface area (Å²) in [5.41, 5.74) is 3.63. The van der Waals surface area contributed by atoms with Crippen LogP contribution in [0.15, 0.2) is 114 Å². The van der Waals surface area contributed by atoms with Crippen LogP contribution in [0.1, 0.15) is 15.9 Å². The first-order valence-electron chi connectivity index (χ1n) is 10.7. The Labute approximate surface area is 209 Å². The number of nitrogens with zero attached hydrogens (tertiary/aromatic N) is 2. The van der Waals surface area contributed by atoms with E-state index in [1.807, 2.05) is 54.6 Å². The zero-order valence-electron chi connectivity index (χ0n) is 18.5. The Kier molecular flexibility index (Phi) is 7.00. The first kappa shape index (κ1) is 24.2. The van der Waals surface area contributed by atoms with Crippen LogP contribution >= 0.6 is 12.4 Å². The largest absolute Gasteiger partial charge is 0.348 e. The molecule has 0 aliphatic carbocycles. The number of nitrogens with one attached hydrogen (secondary N) is 1. The second-order valence-corrected chi connectivity index (χ2v) is 9.61. The molecule has 2 aromatic heterocycles. The molecule has 0 spiro atoms. The minimum atomic E-state index is -3.87. The highest BCUT2D eigenvalue weighted by molar-refractivity contribution is 7.90. The third-order valence-corrected chi connectivity index (χ3v) is 7.30. The Hall–Kier alpha value is -3.94. The van der Waals surface area contributed by atoms with Gasteiger partial charge in [0.25, 0.3) is 15.9 Å². The summed E-state index contributed by atoms with van der Waals surface area (Å²) >= 11 is 0. The van der Waals surface area contributed by atoms with Gasteiger partial charge in [-0.2, -0.15) is 0 Å². The third-order valence-electron chi connectivity index (χ3n) is 5.61. The average Bonchev–Trinajstić information content (AvgIpc) is 3.29. The number of carbonyl (C=O) groups excluding carboxylic acids is 1. The summed E-state index contributed by atoms with van der Waals surface area (Å²) in [6.07, 6.45) is 5.01. The first-order chi connectivity index (χ1) is 16.5. The van der Waals surface area contributed by atoms with Crippen molar-refractivity contribution in [1.29, 1.82) is 0 Å². The lowest BCUT2D eigenvalue weighted by Gasteiger charge is -2.09. The van der Waals surface area contributed by atoms with Crippen molar-refractivity contribution in [2.45, 2.75) is 11.4 Å². The van der Waals surface area contributed by atoms with Crippen LogP contribution in [-0.4, -0.2) is 23.3 Å². The Morgan fingerprint density at radius 3 is 2.29 bits per heavy atom. The Morgan fingerprint density at radius 2 is 1.57 bits per heavy atom.